The highest BCUT2D eigenvalue weighted by Crippen LogP contribution is 2.33. The minimum Gasteiger partial charge on any atom is -0.381 e. The van der Waals surface area contributed by atoms with E-state index in [0.29, 0.717) is 36.2 Å². The number of amides is 1. The molecule has 0 aliphatic carbocycles. The number of halogens is 1. The van der Waals surface area contributed by atoms with E-state index in [9.17, 15) is 13.2 Å². The van der Waals surface area contributed by atoms with Gasteiger partial charge in [-0.05, 0) is 42.9 Å². The molecule has 1 amide bonds. The van der Waals surface area contributed by atoms with Gasteiger partial charge in [0.1, 0.15) is 0 Å². The second-order valence-electron chi connectivity index (χ2n) is 6.63. The lowest BCUT2D eigenvalue weighted by molar-refractivity contribution is -0.118. The lowest BCUT2D eigenvalue weighted by Gasteiger charge is -2.26. The summed E-state index contributed by atoms with van der Waals surface area (Å²) in [4.78, 5) is 17.1. The van der Waals surface area contributed by atoms with Gasteiger partial charge in [-0.25, -0.2) is 13.4 Å². The number of nitrogens with one attached hydrogen (secondary N) is 1. The number of nitrogens with zero attached hydrogens (tertiary/aromatic N) is 1. The highest BCUT2D eigenvalue weighted by molar-refractivity contribution is 7.90. The number of carbonyl (C=O) groups is 1. The van der Waals surface area contributed by atoms with Crippen LogP contribution in [0.5, 0.6) is 0 Å². The first-order chi connectivity index (χ1) is 12.8. The molecule has 27 heavy (non-hydrogen) atoms. The summed E-state index contributed by atoms with van der Waals surface area (Å²) in [5.41, 5.74) is 0.702. The molecule has 1 aromatic heterocycles. The molecule has 1 aliphatic heterocycles. The Morgan fingerprint density at radius 1 is 1.41 bits per heavy atom. The lowest BCUT2D eigenvalue weighted by Crippen LogP contribution is -2.26. The van der Waals surface area contributed by atoms with Gasteiger partial charge in [-0.1, -0.05) is 17.7 Å². The van der Waals surface area contributed by atoms with E-state index in [-0.39, 0.29) is 15.8 Å². The maximum atomic E-state index is 12.9. The van der Waals surface area contributed by atoms with E-state index in [4.69, 9.17) is 16.3 Å². The number of carbonyl (C=O) groups excluding carboxylic acids is 1. The van der Waals surface area contributed by atoms with Gasteiger partial charge in [0.2, 0.25) is 5.91 Å². The summed E-state index contributed by atoms with van der Waals surface area (Å²) >= 11 is 7.56. The van der Waals surface area contributed by atoms with Crippen LogP contribution in [0.4, 0.5) is 5.13 Å². The van der Waals surface area contributed by atoms with Crippen LogP contribution in [0.15, 0.2) is 34.7 Å². The van der Waals surface area contributed by atoms with Crippen molar-refractivity contribution >= 4 is 43.8 Å². The second-order valence-corrected chi connectivity index (χ2v) is 9.92. The Kier molecular flexibility index (Phi) is 6.52. The number of hydrogen-bond acceptors (Lipinski definition) is 6. The van der Waals surface area contributed by atoms with Gasteiger partial charge >= 0.3 is 0 Å². The molecule has 1 unspecified atom stereocenters. The number of thiazole rings is 1. The molecular weight excluding hydrogens is 408 g/mol. The van der Waals surface area contributed by atoms with E-state index in [2.05, 4.69) is 10.3 Å². The molecule has 0 saturated carbocycles. The number of benzene rings is 1. The number of ether oxygens (including phenoxy) is 1. The molecule has 0 radical (unpaired) electrons. The standard InChI is InChI=1S/C18H21ClN2O4S2/c1-27(23,24)16-3-2-13(11-15(16)19)14(10-12-4-7-25-8-5-12)17(22)21-18-20-6-9-26-18/h2-3,6,9,11-12,14H,4-5,7-8,10H2,1H3,(H,20,21,22). The summed E-state index contributed by atoms with van der Waals surface area (Å²) in [5.74, 6) is -0.248. The summed E-state index contributed by atoms with van der Waals surface area (Å²) in [6, 6.07) is 4.73. The number of sulfone groups is 1. The molecule has 1 saturated heterocycles. The number of anilines is 1. The number of aromatic nitrogens is 1. The van der Waals surface area contributed by atoms with E-state index >= 15 is 0 Å². The highest BCUT2D eigenvalue weighted by atomic mass is 35.5. The average Bonchev–Trinajstić information content (AvgIpc) is 3.12. The Labute approximate surface area is 167 Å². The van der Waals surface area contributed by atoms with Gasteiger partial charge < -0.3 is 10.1 Å². The van der Waals surface area contributed by atoms with Crippen molar-refractivity contribution < 1.29 is 17.9 Å². The molecular formula is C18H21ClN2O4S2. The molecule has 2 aromatic rings. The molecule has 1 atom stereocenters. The monoisotopic (exact) mass is 428 g/mol. The first-order valence-corrected chi connectivity index (χ1v) is 11.8. The molecule has 0 bridgehead atoms. The zero-order valence-electron chi connectivity index (χ0n) is 14.9. The van der Waals surface area contributed by atoms with Crippen LogP contribution in [-0.4, -0.2) is 38.8 Å². The van der Waals surface area contributed by atoms with Gasteiger partial charge in [-0.2, -0.15) is 0 Å². The quantitative estimate of drug-likeness (QED) is 0.757. The summed E-state index contributed by atoms with van der Waals surface area (Å²) in [5, 5.41) is 5.31. The fourth-order valence-electron chi connectivity index (χ4n) is 3.22. The van der Waals surface area contributed by atoms with E-state index in [0.717, 1.165) is 19.1 Å². The maximum absolute atomic E-state index is 12.9. The van der Waals surface area contributed by atoms with Crippen LogP contribution in [0.3, 0.4) is 0 Å². The predicted octanol–water partition coefficient (Wildman–Crippen LogP) is 3.74. The summed E-state index contributed by atoms with van der Waals surface area (Å²) < 4.78 is 29.0. The van der Waals surface area contributed by atoms with Crippen LogP contribution in [0.25, 0.3) is 0 Å². The van der Waals surface area contributed by atoms with Crippen molar-refractivity contribution in [3.63, 3.8) is 0 Å². The fourth-order valence-corrected chi connectivity index (χ4v) is 5.09. The first-order valence-electron chi connectivity index (χ1n) is 8.62. The van der Waals surface area contributed by atoms with Crippen molar-refractivity contribution in [1.29, 1.82) is 0 Å². The van der Waals surface area contributed by atoms with Gasteiger partial charge in [0.25, 0.3) is 0 Å². The van der Waals surface area contributed by atoms with E-state index in [1.165, 1.54) is 17.4 Å². The van der Waals surface area contributed by atoms with E-state index < -0.39 is 15.8 Å². The Morgan fingerprint density at radius 3 is 2.74 bits per heavy atom. The van der Waals surface area contributed by atoms with Crippen LogP contribution >= 0.6 is 22.9 Å². The van der Waals surface area contributed by atoms with Gasteiger partial charge in [-0.3, -0.25) is 4.79 Å². The Balaban J connectivity index is 1.88. The smallest absolute Gasteiger partial charge is 0.233 e. The summed E-state index contributed by atoms with van der Waals surface area (Å²) in [7, 11) is -3.42. The Bertz CT molecular complexity index is 894. The molecule has 146 valence electrons. The summed E-state index contributed by atoms with van der Waals surface area (Å²) in [6.45, 7) is 1.39. The molecule has 3 rings (SSSR count). The van der Waals surface area contributed by atoms with Crippen LogP contribution in [0.2, 0.25) is 5.02 Å². The van der Waals surface area contributed by atoms with Crippen molar-refractivity contribution in [2.24, 2.45) is 5.92 Å². The SMILES string of the molecule is CS(=O)(=O)c1ccc(C(CC2CCOCC2)C(=O)Nc2nccs2)cc1Cl. The highest BCUT2D eigenvalue weighted by Gasteiger charge is 2.27. The molecule has 9 heteroatoms. The average molecular weight is 429 g/mol. The van der Waals surface area contributed by atoms with Crippen molar-refractivity contribution in [1.82, 2.24) is 4.98 Å². The van der Waals surface area contributed by atoms with Crippen molar-refractivity contribution in [3.05, 3.63) is 40.4 Å². The van der Waals surface area contributed by atoms with E-state index in [1.54, 1.807) is 23.7 Å². The zero-order chi connectivity index (χ0) is 19.4. The molecule has 6 nitrogen and oxygen atoms in total. The van der Waals surface area contributed by atoms with Gasteiger partial charge in [0, 0.05) is 31.0 Å². The summed E-state index contributed by atoms with van der Waals surface area (Å²) in [6.07, 6.45) is 5.19. The largest absolute Gasteiger partial charge is 0.381 e. The van der Waals surface area contributed by atoms with Gasteiger partial charge in [0.05, 0.1) is 15.8 Å². The Hall–Kier alpha value is -1.48. The Morgan fingerprint density at radius 2 is 2.15 bits per heavy atom. The van der Waals surface area contributed by atoms with Crippen LogP contribution in [0.1, 0.15) is 30.7 Å². The third kappa shape index (κ3) is 5.28. The molecule has 1 aromatic carbocycles. The lowest BCUT2D eigenvalue weighted by atomic mass is 9.84. The minimum atomic E-state index is -3.42. The molecule has 1 aliphatic rings. The van der Waals surface area contributed by atoms with Crippen LogP contribution in [0, 0.1) is 5.92 Å². The van der Waals surface area contributed by atoms with Crippen molar-refractivity contribution in [2.45, 2.75) is 30.1 Å². The normalized spacial score (nSPS) is 16.8. The van der Waals surface area contributed by atoms with Crippen molar-refractivity contribution in [2.75, 3.05) is 24.8 Å². The van der Waals surface area contributed by atoms with Gasteiger partial charge in [-0.15, -0.1) is 11.3 Å². The van der Waals surface area contributed by atoms with Gasteiger partial charge in [0.15, 0.2) is 15.0 Å². The van der Waals surface area contributed by atoms with Crippen molar-refractivity contribution in [3.8, 4) is 0 Å². The fraction of sp³-hybridized carbons (Fsp3) is 0.444. The molecule has 1 N–H and O–H groups in total. The second kappa shape index (κ2) is 8.68. The predicted molar refractivity (Wildman–Crippen MR) is 106 cm³/mol. The van der Waals surface area contributed by atoms with Crippen LogP contribution < -0.4 is 5.32 Å². The zero-order valence-corrected chi connectivity index (χ0v) is 17.2. The third-order valence-electron chi connectivity index (χ3n) is 4.65. The van der Waals surface area contributed by atoms with Crippen LogP contribution in [-0.2, 0) is 19.4 Å². The molecule has 2 heterocycles. The van der Waals surface area contributed by atoms with E-state index in [1.807, 2.05) is 0 Å². The third-order valence-corrected chi connectivity index (χ3v) is 6.91. The minimum absolute atomic E-state index is 0.0677. The maximum Gasteiger partial charge on any atom is 0.233 e. The first kappa shape index (κ1) is 20.3. The topological polar surface area (TPSA) is 85.4 Å². The number of rotatable bonds is 6. The molecule has 0 spiro atoms. The molecule has 1 fully saturated rings. The number of hydrogen-bond donors (Lipinski definition) is 1.